The van der Waals surface area contributed by atoms with Crippen LogP contribution >= 0.6 is 23.4 Å². The molecule has 0 aromatic heterocycles. The second-order valence-electron chi connectivity index (χ2n) is 2.38. The normalized spacial score (nSPS) is 26.6. The molecule has 58 valence electrons. The van der Waals surface area contributed by atoms with Gasteiger partial charge < -0.3 is 4.90 Å². The Morgan fingerprint density at radius 3 is 2.90 bits per heavy atom. The van der Waals surface area contributed by atoms with Crippen molar-refractivity contribution >= 4 is 28.7 Å². The molecule has 1 aliphatic heterocycles. The quantitative estimate of drug-likeness (QED) is 0.418. The maximum atomic E-state index is 10.6. The van der Waals surface area contributed by atoms with E-state index in [1.54, 1.807) is 4.90 Å². The van der Waals surface area contributed by atoms with Crippen LogP contribution in [0, 0.1) is 0 Å². The minimum atomic E-state index is -0.313. The summed E-state index contributed by atoms with van der Waals surface area (Å²) in [4.78, 5) is 12.3. The molecule has 1 atom stereocenters. The molecule has 0 radical (unpaired) electrons. The molecule has 0 spiro atoms. The van der Waals surface area contributed by atoms with Gasteiger partial charge in [0.05, 0.1) is 0 Å². The number of carbonyl (C=O) groups excluding carboxylic acids is 1. The van der Waals surface area contributed by atoms with Gasteiger partial charge in [-0.25, -0.2) is 0 Å². The number of halogens is 1. The summed E-state index contributed by atoms with van der Waals surface area (Å²) in [6, 6.07) is 0. The first-order valence-corrected chi connectivity index (χ1v) is 4.69. The molecule has 0 aliphatic carbocycles. The standard InChI is InChI=1S/C6H10ClNOS/c1-5-4-8(6(7)9)2-3-10-5/h5H,2-4H2,1H3. The fourth-order valence-corrected chi connectivity index (χ4v) is 2.15. The smallest absolute Gasteiger partial charge is 0.316 e. The monoisotopic (exact) mass is 179 g/mol. The number of rotatable bonds is 0. The Balaban J connectivity index is 2.39. The average Bonchev–Trinajstić information content (AvgIpc) is 1.88. The van der Waals surface area contributed by atoms with Crippen LogP contribution in [-0.2, 0) is 0 Å². The van der Waals surface area contributed by atoms with Crippen LogP contribution in [0.3, 0.4) is 0 Å². The van der Waals surface area contributed by atoms with Crippen LogP contribution in [-0.4, -0.2) is 34.4 Å². The summed E-state index contributed by atoms with van der Waals surface area (Å²) < 4.78 is 0. The van der Waals surface area contributed by atoms with E-state index in [4.69, 9.17) is 11.6 Å². The molecule has 1 unspecified atom stereocenters. The molecule has 0 aromatic rings. The highest BCUT2D eigenvalue weighted by molar-refractivity contribution is 7.99. The lowest BCUT2D eigenvalue weighted by Crippen LogP contribution is -2.38. The first-order chi connectivity index (χ1) is 4.70. The Bertz CT molecular complexity index is 142. The zero-order valence-electron chi connectivity index (χ0n) is 5.84. The van der Waals surface area contributed by atoms with E-state index in [9.17, 15) is 4.79 Å². The van der Waals surface area contributed by atoms with Gasteiger partial charge in [0.25, 0.3) is 0 Å². The summed E-state index contributed by atoms with van der Waals surface area (Å²) in [7, 11) is 0. The lowest BCUT2D eigenvalue weighted by molar-refractivity contribution is 0.224. The molecule has 1 rings (SSSR count). The Hall–Kier alpha value is 0.110. The van der Waals surface area contributed by atoms with E-state index < -0.39 is 0 Å². The third-order valence-electron chi connectivity index (χ3n) is 1.49. The van der Waals surface area contributed by atoms with Crippen molar-refractivity contribution < 1.29 is 4.79 Å². The van der Waals surface area contributed by atoms with Gasteiger partial charge in [0.15, 0.2) is 0 Å². The molecular formula is C6H10ClNOS. The van der Waals surface area contributed by atoms with Gasteiger partial charge in [-0.1, -0.05) is 6.92 Å². The molecule has 1 aliphatic rings. The van der Waals surface area contributed by atoms with Crippen LogP contribution in [0.5, 0.6) is 0 Å². The summed E-state index contributed by atoms with van der Waals surface area (Å²) in [5.74, 6) is 1.01. The van der Waals surface area contributed by atoms with Gasteiger partial charge in [-0.15, -0.1) is 0 Å². The van der Waals surface area contributed by atoms with Crippen molar-refractivity contribution in [2.75, 3.05) is 18.8 Å². The fraction of sp³-hybridized carbons (Fsp3) is 0.833. The van der Waals surface area contributed by atoms with E-state index in [0.717, 1.165) is 18.8 Å². The van der Waals surface area contributed by atoms with Crippen LogP contribution in [0.4, 0.5) is 4.79 Å². The first-order valence-electron chi connectivity index (χ1n) is 3.26. The van der Waals surface area contributed by atoms with Gasteiger partial charge in [0.2, 0.25) is 0 Å². The molecule has 0 saturated carbocycles. The largest absolute Gasteiger partial charge is 0.327 e. The van der Waals surface area contributed by atoms with Gasteiger partial charge in [-0.05, 0) is 11.6 Å². The molecule has 2 nitrogen and oxygen atoms in total. The maximum Gasteiger partial charge on any atom is 0.316 e. The Kier molecular flexibility index (Phi) is 2.86. The number of hydrogen-bond acceptors (Lipinski definition) is 2. The predicted molar refractivity (Wildman–Crippen MR) is 44.7 cm³/mol. The van der Waals surface area contributed by atoms with Gasteiger partial charge >= 0.3 is 5.37 Å². The van der Waals surface area contributed by atoms with Crippen molar-refractivity contribution in [2.24, 2.45) is 0 Å². The van der Waals surface area contributed by atoms with Crippen LogP contribution in [0.15, 0.2) is 0 Å². The molecule has 1 saturated heterocycles. The van der Waals surface area contributed by atoms with E-state index in [2.05, 4.69) is 6.92 Å². The molecule has 0 aromatic carbocycles. The van der Waals surface area contributed by atoms with E-state index in [1.807, 2.05) is 11.8 Å². The second kappa shape index (κ2) is 3.49. The minimum Gasteiger partial charge on any atom is -0.327 e. The zero-order valence-corrected chi connectivity index (χ0v) is 7.41. The number of amides is 1. The van der Waals surface area contributed by atoms with E-state index >= 15 is 0 Å². The average molecular weight is 180 g/mol. The Morgan fingerprint density at radius 1 is 1.80 bits per heavy atom. The zero-order chi connectivity index (χ0) is 7.56. The highest BCUT2D eigenvalue weighted by Gasteiger charge is 2.19. The summed E-state index contributed by atoms with van der Waals surface area (Å²) in [5, 5.41) is 0.226. The molecular weight excluding hydrogens is 170 g/mol. The van der Waals surface area contributed by atoms with Crippen molar-refractivity contribution in [1.29, 1.82) is 0 Å². The summed E-state index contributed by atoms with van der Waals surface area (Å²) in [6.07, 6.45) is 0. The summed E-state index contributed by atoms with van der Waals surface area (Å²) in [6.45, 7) is 3.71. The van der Waals surface area contributed by atoms with E-state index in [1.165, 1.54) is 0 Å². The molecule has 1 fully saturated rings. The van der Waals surface area contributed by atoms with Gasteiger partial charge in [0.1, 0.15) is 0 Å². The molecule has 0 N–H and O–H groups in total. The van der Waals surface area contributed by atoms with Crippen LogP contribution in [0.25, 0.3) is 0 Å². The lowest BCUT2D eigenvalue weighted by Gasteiger charge is -2.28. The molecule has 1 heterocycles. The number of nitrogens with zero attached hydrogens (tertiary/aromatic N) is 1. The maximum absolute atomic E-state index is 10.6. The first kappa shape index (κ1) is 8.21. The summed E-state index contributed by atoms with van der Waals surface area (Å²) in [5.41, 5.74) is 0. The third kappa shape index (κ3) is 2.06. The number of thioether (sulfide) groups is 1. The van der Waals surface area contributed by atoms with Gasteiger partial charge in [-0.2, -0.15) is 11.8 Å². The predicted octanol–water partition coefficient (Wildman–Crippen LogP) is 1.78. The van der Waals surface area contributed by atoms with Crippen molar-refractivity contribution in [1.82, 2.24) is 4.90 Å². The van der Waals surface area contributed by atoms with Crippen molar-refractivity contribution in [3.63, 3.8) is 0 Å². The third-order valence-corrected chi connectivity index (χ3v) is 2.87. The lowest BCUT2D eigenvalue weighted by atomic mass is 10.4. The Morgan fingerprint density at radius 2 is 2.50 bits per heavy atom. The molecule has 1 amide bonds. The fourth-order valence-electron chi connectivity index (χ4n) is 0.978. The molecule has 0 bridgehead atoms. The highest BCUT2D eigenvalue weighted by Crippen LogP contribution is 2.18. The number of carbonyl (C=O) groups is 1. The van der Waals surface area contributed by atoms with E-state index in [0.29, 0.717) is 5.25 Å². The molecule has 10 heavy (non-hydrogen) atoms. The van der Waals surface area contributed by atoms with Crippen molar-refractivity contribution in [3.8, 4) is 0 Å². The van der Waals surface area contributed by atoms with Crippen LogP contribution in [0.1, 0.15) is 6.92 Å². The van der Waals surface area contributed by atoms with Gasteiger partial charge in [0, 0.05) is 24.1 Å². The van der Waals surface area contributed by atoms with Crippen molar-refractivity contribution in [3.05, 3.63) is 0 Å². The summed E-state index contributed by atoms with van der Waals surface area (Å²) >= 11 is 7.19. The topological polar surface area (TPSA) is 20.3 Å². The molecule has 4 heteroatoms. The Labute approximate surface area is 69.9 Å². The minimum absolute atomic E-state index is 0.313. The van der Waals surface area contributed by atoms with Gasteiger partial charge in [-0.3, -0.25) is 4.79 Å². The highest BCUT2D eigenvalue weighted by atomic mass is 35.5. The van der Waals surface area contributed by atoms with Crippen molar-refractivity contribution in [2.45, 2.75) is 12.2 Å². The SMILES string of the molecule is CC1CN(C(=O)Cl)CCS1. The van der Waals surface area contributed by atoms with Crippen LogP contribution in [0.2, 0.25) is 0 Å². The van der Waals surface area contributed by atoms with Crippen LogP contribution < -0.4 is 0 Å². The second-order valence-corrected chi connectivity index (χ2v) is 4.25. The number of hydrogen-bond donors (Lipinski definition) is 0. The van der Waals surface area contributed by atoms with E-state index in [-0.39, 0.29) is 5.37 Å².